The van der Waals surface area contributed by atoms with E-state index in [1.54, 1.807) is 6.20 Å². The number of anilines is 1. The maximum atomic E-state index is 5.78. The minimum atomic E-state index is 0.547. The molecular weight excluding hydrogens is 252 g/mol. The Labute approximate surface area is 118 Å². The SMILES string of the molecule is Cc1ncccc1-c1nc(N2CCCC(CN)C2)n[nH]1. The van der Waals surface area contributed by atoms with Gasteiger partial charge in [0.15, 0.2) is 5.82 Å². The van der Waals surface area contributed by atoms with Crippen LogP contribution in [0.2, 0.25) is 0 Å². The van der Waals surface area contributed by atoms with Crippen molar-refractivity contribution in [3.63, 3.8) is 0 Å². The largest absolute Gasteiger partial charge is 0.339 e. The van der Waals surface area contributed by atoms with Crippen LogP contribution in [0.3, 0.4) is 0 Å². The van der Waals surface area contributed by atoms with Crippen molar-refractivity contribution in [2.45, 2.75) is 19.8 Å². The lowest BCUT2D eigenvalue weighted by Crippen LogP contribution is -2.38. The van der Waals surface area contributed by atoms with Crippen molar-refractivity contribution in [3.8, 4) is 11.4 Å². The topological polar surface area (TPSA) is 83.7 Å². The van der Waals surface area contributed by atoms with Gasteiger partial charge in [0.2, 0.25) is 5.95 Å². The van der Waals surface area contributed by atoms with Crippen molar-refractivity contribution in [1.29, 1.82) is 0 Å². The molecule has 0 spiro atoms. The zero-order valence-electron chi connectivity index (χ0n) is 11.7. The number of aromatic amines is 1. The number of nitrogens with one attached hydrogen (secondary N) is 1. The zero-order chi connectivity index (χ0) is 13.9. The van der Waals surface area contributed by atoms with Crippen LogP contribution in [-0.4, -0.2) is 39.8 Å². The highest BCUT2D eigenvalue weighted by atomic mass is 15.4. The summed E-state index contributed by atoms with van der Waals surface area (Å²) in [5, 5.41) is 7.37. The molecule has 2 aromatic heterocycles. The predicted molar refractivity (Wildman–Crippen MR) is 78.3 cm³/mol. The van der Waals surface area contributed by atoms with E-state index in [2.05, 4.69) is 25.1 Å². The van der Waals surface area contributed by atoms with Crippen LogP contribution in [-0.2, 0) is 0 Å². The first kappa shape index (κ1) is 13.1. The summed E-state index contributed by atoms with van der Waals surface area (Å²) >= 11 is 0. The second-order valence-electron chi connectivity index (χ2n) is 5.31. The van der Waals surface area contributed by atoms with Crippen molar-refractivity contribution in [2.75, 3.05) is 24.5 Å². The minimum Gasteiger partial charge on any atom is -0.339 e. The molecule has 3 rings (SSSR count). The Morgan fingerprint density at radius 2 is 2.40 bits per heavy atom. The Morgan fingerprint density at radius 3 is 3.20 bits per heavy atom. The summed E-state index contributed by atoms with van der Waals surface area (Å²) in [5.74, 6) is 2.09. The van der Waals surface area contributed by atoms with Crippen molar-refractivity contribution in [1.82, 2.24) is 20.2 Å². The summed E-state index contributed by atoms with van der Waals surface area (Å²) in [5.41, 5.74) is 7.73. The minimum absolute atomic E-state index is 0.547. The average Bonchev–Trinajstić information content (AvgIpc) is 2.97. The Hall–Kier alpha value is -1.95. The zero-order valence-corrected chi connectivity index (χ0v) is 11.7. The van der Waals surface area contributed by atoms with Crippen LogP contribution in [0.25, 0.3) is 11.4 Å². The molecule has 6 heteroatoms. The monoisotopic (exact) mass is 272 g/mol. The smallest absolute Gasteiger partial charge is 0.245 e. The molecular formula is C14H20N6. The number of aromatic nitrogens is 4. The van der Waals surface area contributed by atoms with E-state index in [-0.39, 0.29) is 0 Å². The van der Waals surface area contributed by atoms with E-state index in [9.17, 15) is 0 Å². The molecule has 0 amide bonds. The van der Waals surface area contributed by atoms with E-state index < -0.39 is 0 Å². The first-order valence-corrected chi connectivity index (χ1v) is 7.07. The average molecular weight is 272 g/mol. The molecule has 1 atom stereocenters. The van der Waals surface area contributed by atoms with Crippen LogP contribution < -0.4 is 10.6 Å². The second-order valence-corrected chi connectivity index (χ2v) is 5.31. The molecule has 0 bridgehead atoms. The number of hydrogen-bond acceptors (Lipinski definition) is 5. The van der Waals surface area contributed by atoms with E-state index in [1.807, 2.05) is 19.1 Å². The summed E-state index contributed by atoms with van der Waals surface area (Å²) in [6.07, 6.45) is 4.14. The van der Waals surface area contributed by atoms with Crippen LogP contribution in [0.5, 0.6) is 0 Å². The molecule has 1 unspecified atom stereocenters. The Balaban J connectivity index is 1.82. The molecule has 2 aromatic rings. The molecule has 1 saturated heterocycles. The maximum Gasteiger partial charge on any atom is 0.245 e. The lowest BCUT2D eigenvalue weighted by molar-refractivity contribution is 0.420. The summed E-state index contributed by atoms with van der Waals surface area (Å²) in [6, 6.07) is 3.92. The molecule has 6 nitrogen and oxygen atoms in total. The predicted octanol–water partition coefficient (Wildman–Crippen LogP) is 1.35. The highest BCUT2D eigenvalue weighted by molar-refractivity contribution is 5.58. The highest BCUT2D eigenvalue weighted by Gasteiger charge is 2.22. The van der Waals surface area contributed by atoms with Gasteiger partial charge in [0.1, 0.15) is 0 Å². The van der Waals surface area contributed by atoms with E-state index >= 15 is 0 Å². The van der Waals surface area contributed by atoms with Crippen LogP contribution in [0.1, 0.15) is 18.5 Å². The number of hydrogen-bond donors (Lipinski definition) is 2. The van der Waals surface area contributed by atoms with Crippen molar-refractivity contribution >= 4 is 5.95 Å². The summed E-state index contributed by atoms with van der Waals surface area (Å²) in [7, 11) is 0. The fourth-order valence-corrected chi connectivity index (χ4v) is 2.69. The third-order valence-electron chi connectivity index (χ3n) is 3.87. The third-order valence-corrected chi connectivity index (χ3v) is 3.87. The van der Waals surface area contributed by atoms with Crippen LogP contribution in [0, 0.1) is 12.8 Å². The van der Waals surface area contributed by atoms with Crippen LogP contribution >= 0.6 is 0 Å². The van der Waals surface area contributed by atoms with Crippen molar-refractivity contribution in [3.05, 3.63) is 24.0 Å². The van der Waals surface area contributed by atoms with E-state index in [0.717, 1.165) is 49.1 Å². The standard InChI is InChI=1S/C14H20N6/c1-10-12(5-2-6-16-10)13-17-14(19-18-13)20-7-3-4-11(8-15)9-20/h2,5-6,11H,3-4,7-9,15H2,1H3,(H,17,18,19). The van der Waals surface area contributed by atoms with E-state index in [1.165, 1.54) is 6.42 Å². The number of pyridine rings is 1. The van der Waals surface area contributed by atoms with Gasteiger partial charge in [0.25, 0.3) is 0 Å². The molecule has 0 aromatic carbocycles. The van der Waals surface area contributed by atoms with Crippen LogP contribution in [0.4, 0.5) is 5.95 Å². The lowest BCUT2D eigenvalue weighted by Gasteiger charge is -2.31. The molecule has 106 valence electrons. The number of H-pyrrole nitrogens is 1. The van der Waals surface area contributed by atoms with Gasteiger partial charge in [-0.3, -0.25) is 10.1 Å². The molecule has 0 saturated carbocycles. The first-order valence-electron chi connectivity index (χ1n) is 7.07. The van der Waals surface area contributed by atoms with E-state index in [0.29, 0.717) is 5.92 Å². The van der Waals surface area contributed by atoms with Gasteiger partial charge >= 0.3 is 0 Å². The molecule has 0 radical (unpaired) electrons. The number of nitrogens with zero attached hydrogens (tertiary/aromatic N) is 4. The Bertz CT molecular complexity index is 579. The number of nitrogens with two attached hydrogens (primary N) is 1. The van der Waals surface area contributed by atoms with Crippen molar-refractivity contribution < 1.29 is 0 Å². The Morgan fingerprint density at radius 1 is 1.50 bits per heavy atom. The molecule has 1 aliphatic heterocycles. The van der Waals surface area contributed by atoms with Gasteiger partial charge in [-0.2, -0.15) is 4.98 Å². The highest BCUT2D eigenvalue weighted by Crippen LogP contribution is 2.23. The van der Waals surface area contributed by atoms with E-state index in [4.69, 9.17) is 5.73 Å². The molecule has 3 N–H and O–H groups in total. The molecule has 20 heavy (non-hydrogen) atoms. The van der Waals surface area contributed by atoms with Gasteiger partial charge in [-0.1, -0.05) is 0 Å². The number of piperidine rings is 1. The van der Waals surface area contributed by atoms with Crippen LogP contribution in [0.15, 0.2) is 18.3 Å². The lowest BCUT2D eigenvalue weighted by atomic mass is 9.99. The van der Waals surface area contributed by atoms with Gasteiger partial charge in [-0.15, -0.1) is 5.10 Å². The van der Waals surface area contributed by atoms with Gasteiger partial charge in [-0.05, 0) is 44.4 Å². The van der Waals surface area contributed by atoms with Gasteiger partial charge < -0.3 is 10.6 Å². The number of rotatable bonds is 3. The molecule has 1 fully saturated rings. The Kier molecular flexibility index (Phi) is 3.64. The first-order chi connectivity index (χ1) is 9.78. The normalized spacial score (nSPS) is 19.3. The fraction of sp³-hybridized carbons (Fsp3) is 0.500. The quantitative estimate of drug-likeness (QED) is 0.881. The summed E-state index contributed by atoms with van der Waals surface area (Å²) < 4.78 is 0. The van der Waals surface area contributed by atoms with Gasteiger partial charge in [0, 0.05) is 30.5 Å². The summed E-state index contributed by atoms with van der Waals surface area (Å²) in [4.78, 5) is 11.1. The third kappa shape index (κ3) is 2.51. The van der Waals surface area contributed by atoms with Crippen molar-refractivity contribution in [2.24, 2.45) is 11.7 Å². The molecule has 3 heterocycles. The van der Waals surface area contributed by atoms with Gasteiger partial charge in [-0.25, -0.2) is 0 Å². The summed E-state index contributed by atoms with van der Waals surface area (Å²) in [6.45, 7) is 4.65. The van der Waals surface area contributed by atoms with Gasteiger partial charge in [0.05, 0.1) is 0 Å². The fourth-order valence-electron chi connectivity index (χ4n) is 2.69. The second kappa shape index (κ2) is 5.58. The maximum absolute atomic E-state index is 5.78. The molecule has 1 aliphatic rings. The number of aryl methyl sites for hydroxylation is 1. The molecule has 0 aliphatic carbocycles.